The van der Waals surface area contributed by atoms with Crippen molar-refractivity contribution in [1.82, 2.24) is 0 Å². The number of halogens is 1. The van der Waals surface area contributed by atoms with E-state index in [1.807, 2.05) is 0 Å². The van der Waals surface area contributed by atoms with E-state index in [1.165, 1.54) is 64.8 Å². The lowest BCUT2D eigenvalue weighted by molar-refractivity contribution is 0.550. The molecule has 1 saturated carbocycles. The highest BCUT2D eigenvalue weighted by Gasteiger charge is 2.45. The van der Waals surface area contributed by atoms with Gasteiger partial charge in [0, 0.05) is 26.9 Å². The van der Waals surface area contributed by atoms with Crippen LogP contribution in [-0.2, 0) is 5.41 Å². The fourth-order valence-electron chi connectivity index (χ4n) is 6.57. The maximum absolute atomic E-state index is 3.62. The standard InChI is InChI=1S/C35H28BrN/c36-27-14-18-29(19-15-27)37(28-16-12-26(13-17-28)25-8-2-1-3-9-25)30-20-21-32-31-10-4-5-11-33(31)35(34(32)24-30)22-6-7-23-35/h1-5,8-21,24H,6-7,22-23H2. The van der Waals surface area contributed by atoms with Gasteiger partial charge in [-0.05, 0) is 94.8 Å². The summed E-state index contributed by atoms with van der Waals surface area (Å²) in [6, 6.07) is 44.4. The molecule has 5 aromatic carbocycles. The molecule has 0 bridgehead atoms. The van der Waals surface area contributed by atoms with Crippen LogP contribution in [0.4, 0.5) is 17.1 Å². The minimum Gasteiger partial charge on any atom is -0.310 e. The van der Waals surface area contributed by atoms with Gasteiger partial charge in [-0.1, -0.05) is 102 Å². The Kier molecular flexibility index (Phi) is 5.52. The second kappa shape index (κ2) is 9.04. The Morgan fingerprint density at radius 2 is 1.08 bits per heavy atom. The molecule has 0 saturated heterocycles. The van der Waals surface area contributed by atoms with Crippen molar-refractivity contribution in [3.8, 4) is 22.3 Å². The third-order valence-electron chi connectivity index (χ3n) is 8.28. The molecule has 0 aromatic heterocycles. The van der Waals surface area contributed by atoms with Gasteiger partial charge in [-0.3, -0.25) is 0 Å². The molecule has 0 unspecified atom stereocenters. The summed E-state index contributed by atoms with van der Waals surface area (Å²) in [6.07, 6.45) is 5.08. The van der Waals surface area contributed by atoms with Crippen LogP contribution in [0.2, 0.25) is 0 Å². The van der Waals surface area contributed by atoms with Crippen LogP contribution >= 0.6 is 15.9 Å². The Bertz CT molecular complexity index is 1560. The second-order valence-corrected chi connectivity index (χ2v) is 11.2. The summed E-state index contributed by atoms with van der Waals surface area (Å²) in [4.78, 5) is 2.40. The van der Waals surface area contributed by atoms with Crippen molar-refractivity contribution in [2.24, 2.45) is 0 Å². The number of fused-ring (bicyclic) bond motifs is 5. The van der Waals surface area contributed by atoms with E-state index < -0.39 is 0 Å². The number of anilines is 3. The molecule has 0 amide bonds. The molecule has 0 N–H and O–H groups in total. The summed E-state index contributed by atoms with van der Waals surface area (Å²) < 4.78 is 1.09. The minimum absolute atomic E-state index is 0.157. The van der Waals surface area contributed by atoms with Crippen LogP contribution in [0.1, 0.15) is 36.8 Å². The molecule has 1 spiro atoms. The van der Waals surface area contributed by atoms with Gasteiger partial charge in [0.1, 0.15) is 0 Å². The van der Waals surface area contributed by atoms with Crippen LogP contribution in [0.15, 0.2) is 126 Å². The van der Waals surface area contributed by atoms with Gasteiger partial charge in [0.2, 0.25) is 0 Å². The molecule has 2 aliphatic rings. The summed E-state index contributed by atoms with van der Waals surface area (Å²) in [6.45, 7) is 0. The van der Waals surface area contributed by atoms with E-state index in [1.54, 1.807) is 0 Å². The maximum atomic E-state index is 3.62. The molecule has 2 aliphatic carbocycles. The van der Waals surface area contributed by atoms with Crippen LogP contribution in [0.25, 0.3) is 22.3 Å². The van der Waals surface area contributed by atoms with E-state index in [2.05, 4.69) is 142 Å². The predicted molar refractivity (Wildman–Crippen MR) is 159 cm³/mol. The third kappa shape index (κ3) is 3.74. The minimum atomic E-state index is 0.157. The molecule has 5 aromatic rings. The average molecular weight is 543 g/mol. The molecule has 0 aliphatic heterocycles. The van der Waals surface area contributed by atoms with Crippen molar-refractivity contribution < 1.29 is 0 Å². The molecule has 0 radical (unpaired) electrons. The molecule has 2 heteroatoms. The van der Waals surface area contributed by atoms with Crippen molar-refractivity contribution in [2.45, 2.75) is 31.1 Å². The van der Waals surface area contributed by atoms with Gasteiger partial charge in [-0.15, -0.1) is 0 Å². The van der Waals surface area contributed by atoms with Gasteiger partial charge in [0.05, 0.1) is 0 Å². The molecular weight excluding hydrogens is 514 g/mol. The number of hydrogen-bond acceptors (Lipinski definition) is 1. The Morgan fingerprint density at radius 1 is 0.514 bits per heavy atom. The van der Waals surface area contributed by atoms with Crippen LogP contribution in [0, 0.1) is 0 Å². The van der Waals surface area contributed by atoms with Gasteiger partial charge >= 0.3 is 0 Å². The first-order valence-electron chi connectivity index (χ1n) is 13.2. The maximum Gasteiger partial charge on any atom is 0.0465 e. The lowest BCUT2D eigenvalue weighted by Gasteiger charge is -2.30. The van der Waals surface area contributed by atoms with E-state index in [9.17, 15) is 0 Å². The van der Waals surface area contributed by atoms with Crippen molar-refractivity contribution in [3.63, 3.8) is 0 Å². The van der Waals surface area contributed by atoms with E-state index in [4.69, 9.17) is 0 Å². The molecule has 1 fully saturated rings. The quantitative estimate of drug-likeness (QED) is 0.218. The van der Waals surface area contributed by atoms with Gasteiger partial charge < -0.3 is 4.90 Å². The van der Waals surface area contributed by atoms with E-state index >= 15 is 0 Å². The monoisotopic (exact) mass is 541 g/mol. The molecule has 1 nitrogen and oxygen atoms in total. The third-order valence-corrected chi connectivity index (χ3v) is 8.81. The van der Waals surface area contributed by atoms with E-state index in [-0.39, 0.29) is 5.41 Å². The summed E-state index contributed by atoms with van der Waals surface area (Å²) in [5.74, 6) is 0. The smallest absolute Gasteiger partial charge is 0.0465 e. The fraction of sp³-hybridized carbons (Fsp3) is 0.143. The van der Waals surface area contributed by atoms with Crippen molar-refractivity contribution >= 4 is 33.0 Å². The molecule has 7 rings (SSSR count). The highest BCUT2D eigenvalue weighted by Crippen LogP contribution is 2.57. The normalized spacial score (nSPS) is 14.9. The fourth-order valence-corrected chi connectivity index (χ4v) is 6.83. The lowest BCUT2D eigenvalue weighted by atomic mass is 9.76. The zero-order chi connectivity index (χ0) is 24.8. The van der Waals surface area contributed by atoms with Crippen LogP contribution < -0.4 is 4.90 Å². The molecular formula is C35H28BrN. The Morgan fingerprint density at radius 3 is 1.81 bits per heavy atom. The number of hydrogen-bond donors (Lipinski definition) is 0. The van der Waals surface area contributed by atoms with Crippen molar-refractivity contribution in [1.29, 1.82) is 0 Å². The topological polar surface area (TPSA) is 3.24 Å². The van der Waals surface area contributed by atoms with Gasteiger partial charge in [-0.2, -0.15) is 0 Å². The lowest BCUT2D eigenvalue weighted by Crippen LogP contribution is -2.21. The van der Waals surface area contributed by atoms with E-state index in [0.717, 1.165) is 15.8 Å². The first kappa shape index (κ1) is 22.6. The van der Waals surface area contributed by atoms with Crippen molar-refractivity contribution in [2.75, 3.05) is 4.90 Å². The second-order valence-electron chi connectivity index (χ2n) is 10.3. The Balaban J connectivity index is 1.37. The van der Waals surface area contributed by atoms with Crippen LogP contribution in [0.5, 0.6) is 0 Å². The summed E-state index contributed by atoms with van der Waals surface area (Å²) >= 11 is 3.62. The SMILES string of the molecule is Brc1ccc(N(c2ccc(-c3ccccc3)cc2)c2ccc3c(c2)C2(CCCC2)c2ccccc2-3)cc1. The van der Waals surface area contributed by atoms with E-state index in [0.29, 0.717) is 0 Å². The van der Waals surface area contributed by atoms with Crippen molar-refractivity contribution in [3.05, 3.63) is 137 Å². The zero-order valence-electron chi connectivity index (χ0n) is 20.7. The zero-order valence-corrected chi connectivity index (χ0v) is 22.3. The Hall–Kier alpha value is -3.62. The highest BCUT2D eigenvalue weighted by molar-refractivity contribution is 9.10. The van der Waals surface area contributed by atoms with Gasteiger partial charge in [0.15, 0.2) is 0 Å². The molecule has 0 heterocycles. The van der Waals surface area contributed by atoms with Gasteiger partial charge in [-0.25, -0.2) is 0 Å². The van der Waals surface area contributed by atoms with Crippen LogP contribution in [-0.4, -0.2) is 0 Å². The first-order chi connectivity index (χ1) is 18.2. The number of nitrogens with zero attached hydrogens (tertiary/aromatic N) is 1. The average Bonchev–Trinajstić information content (AvgIpc) is 3.56. The Labute approximate surface area is 227 Å². The largest absolute Gasteiger partial charge is 0.310 e. The summed E-state index contributed by atoms with van der Waals surface area (Å²) in [5.41, 5.74) is 12.0. The van der Waals surface area contributed by atoms with Crippen LogP contribution in [0.3, 0.4) is 0 Å². The number of benzene rings is 5. The molecule has 0 atom stereocenters. The summed E-state index contributed by atoms with van der Waals surface area (Å²) in [5, 5.41) is 0. The highest BCUT2D eigenvalue weighted by atomic mass is 79.9. The molecule has 180 valence electrons. The number of rotatable bonds is 4. The first-order valence-corrected chi connectivity index (χ1v) is 14.0. The molecule has 37 heavy (non-hydrogen) atoms. The summed E-state index contributed by atoms with van der Waals surface area (Å²) in [7, 11) is 0. The van der Waals surface area contributed by atoms with Gasteiger partial charge in [0.25, 0.3) is 0 Å². The predicted octanol–water partition coefficient (Wildman–Crippen LogP) is 10.4.